The number of hydrogen-bond donors (Lipinski definition) is 2. The third-order valence-electron chi connectivity index (χ3n) is 14.4. The smallest absolute Gasteiger partial charge is 0.321 e. The second-order valence-corrected chi connectivity index (χ2v) is 19.6. The molecule has 0 aromatic carbocycles. The number of carbonyl (C=O) groups is 3. The number of hydrogen-bond acceptors (Lipinski definition) is 7. The predicted octanol–water partition coefficient (Wildman–Crippen LogP) is 14.0. The van der Waals surface area contributed by atoms with Crippen LogP contribution in [0.2, 0.25) is 0 Å². The Hall–Kier alpha value is -5.05. The fourth-order valence-corrected chi connectivity index (χ4v) is 10.2. The van der Waals surface area contributed by atoms with Crippen LogP contribution in [-0.4, -0.2) is 51.4 Å². The molecule has 0 radical (unpaired) electrons. The van der Waals surface area contributed by atoms with E-state index in [4.69, 9.17) is 19.4 Å². The van der Waals surface area contributed by atoms with Crippen molar-refractivity contribution in [3.05, 3.63) is 87.0 Å². The molecule has 3 aliphatic rings. The van der Waals surface area contributed by atoms with Gasteiger partial charge in [-0.25, -0.2) is 4.98 Å². The zero-order valence-electron chi connectivity index (χ0n) is 40.7. The maximum Gasteiger partial charge on any atom is 0.321 e. The molecule has 3 aromatic heterocycles. The SMILES string of the molecule is C=Cc1c(C)c2cc3nc(c4c5[nH]c(cc6nc(cc1[nH]2)C(C)=C6CC)c(C)c5C(=O)[C@H]4C(=O)OC)[C@H](CCC(=O)OC/C=C(\C)CCC[C@@H](C)CCC[C@@H](C)CCCC(C)C)[C@H]3C. The van der Waals surface area contributed by atoms with Crippen LogP contribution in [0.1, 0.15) is 206 Å². The summed E-state index contributed by atoms with van der Waals surface area (Å²) in [7, 11) is 1.31. The van der Waals surface area contributed by atoms with Crippen molar-refractivity contribution < 1.29 is 23.9 Å². The second kappa shape index (κ2) is 21.3. The normalized spacial score (nSPS) is 18.2. The average molecular weight is 871 g/mol. The Morgan fingerprint density at radius 2 is 1.52 bits per heavy atom. The fraction of sp³-hybridized carbons (Fsp3) is 0.545. The molecule has 8 bridgehead atoms. The number of H-pyrrole nitrogens is 2. The van der Waals surface area contributed by atoms with Gasteiger partial charge >= 0.3 is 11.9 Å². The minimum absolute atomic E-state index is 0.149. The van der Waals surface area contributed by atoms with Crippen LogP contribution in [0.4, 0.5) is 0 Å². The minimum Gasteiger partial charge on any atom is -0.468 e. The Bertz CT molecular complexity index is 2480. The maximum absolute atomic E-state index is 14.4. The lowest BCUT2D eigenvalue weighted by Gasteiger charge is -2.18. The summed E-state index contributed by atoms with van der Waals surface area (Å²) in [5.74, 6) is -0.519. The molecule has 0 spiro atoms. The molecule has 5 atom stereocenters. The average Bonchev–Trinajstić information content (AvgIpc) is 3.99. The fourth-order valence-electron chi connectivity index (χ4n) is 10.2. The summed E-state index contributed by atoms with van der Waals surface area (Å²) in [6.45, 7) is 26.2. The first-order chi connectivity index (χ1) is 30.6. The first-order valence-corrected chi connectivity index (χ1v) is 24.1. The van der Waals surface area contributed by atoms with Crippen LogP contribution in [0.3, 0.4) is 0 Å². The first-order valence-electron chi connectivity index (χ1n) is 24.1. The number of nitrogens with zero attached hydrogens (tertiary/aromatic N) is 2. The molecule has 3 aromatic rings. The number of ether oxygens (including phenoxy) is 2. The number of aromatic amines is 2. The Morgan fingerprint density at radius 1 is 0.859 bits per heavy atom. The molecule has 0 saturated carbocycles. The topological polar surface area (TPSA) is 127 Å². The van der Waals surface area contributed by atoms with Gasteiger partial charge in [-0.05, 0) is 118 Å². The highest BCUT2D eigenvalue weighted by atomic mass is 16.5. The summed E-state index contributed by atoms with van der Waals surface area (Å²) in [5.41, 5.74) is 13.4. The summed E-state index contributed by atoms with van der Waals surface area (Å²) in [6, 6.07) is 6.14. The third kappa shape index (κ3) is 10.6. The van der Waals surface area contributed by atoms with Gasteiger partial charge in [-0.1, -0.05) is 105 Å². The Balaban J connectivity index is 1.24. The molecular formula is C55H74N4O5. The molecule has 64 heavy (non-hydrogen) atoms. The van der Waals surface area contributed by atoms with E-state index in [2.05, 4.69) is 91.0 Å². The first kappa shape index (κ1) is 48.4. The predicted molar refractivity (Wildman–Crippen MR) is 262 cm³/mol. The lowest BCUT2D eigenvalue weighted by molar-refractivity contribution is -0.143. The van der Waals surface area contributed by atoms with Crippen molar-refractivity contribution in [2.45, 2.75) is 164 Å². The maximum atomic E-state index is 14.4. The standard InChI is InChI=1S/C55H74N4O5/c1-13-39-35(8)42-28-44-37(10)41(24-25-48(60)64-27-26-34(7)23-17-22-33(6)21-16-20-32(5)19-15-18-31(3)4)52(58-44)50-51(55(62)63-12)54(61)49-38(11)45(59-53(49)50)30-47-40(14-2)36(9)43(57-47)29-46(39)56-42/h13,26,28-33,37,41,51,56,59H,1,14-25,27H2,2-12H3/b34-26+,42-28?,43-29?,44-28?,45-30?,46-29?,47-30?,52-50?/t32-,33-,37+,41+,51-/m0/s1. The van der Waals surface area contributed by atoms with Gasteiger partial charge in [0.25, 0.3) is 0 Å². The molecular weight excluding hydrogens is 797 g/mol. The van der Waals surface area contributed by atoms with Crippen molar-refractivity contribution in [1.29, 1.82) is 0 Å². The van der Waals surface area contributed by atoms with Gasteiger partial charge in [0.1, 0.15) is 12.5 Å². The van der Waals surface area contributed by atoms with Crippen LogP contribution < -0.4 is 0 Å². The zero-order valence-corrected chi connectivity index (χ0v) is 40.7. The van der Waals surface area contributed by atoms with E-state index >= 15 is 0 Å². The summed E-state index contributed by atoms with van der Waals surface area (Å²) in [4.78, 5) is 59.0. The van der Waals surface area contributed by atoms with Crippen LogP contribution in [0.15, 0.2) is 36.4 Å². The van der Waals surface area contributed by atoms with Crippen molar-refractivity contribution in [1.82, 2.24) is 19.9 Å². The molecule has 9 heteroatoms. The van der Waals surface area contributed by atoms with E-state index in [-0.39, 0.29) is 36.6 Å². The highest BCUT2D eigenvalue weighted by Crippen LogP contribution is 2.48. The Morgan fingerprint density at radius 3 is 2.17 bits per heavy atom. The third-order valence-corrected chi connectivity index (χ3v) is 14.4. The highest BCUT2D eigenvalue weighted by Gasteiger charge is 2.45. The highest BCUT2D eigenvalue weighted by molar-refractivity contribution is 6.23. The summed E-state index contributed by atoms with van der Waals surface area (Å²) in [5, 5.41) is 0. The largest absolute Gasteiger partial charge is 0.468 e. The van der Waals surface area contributed by atoms with Crippen molar-refractivity contribution in [2.75, 3.05) is 13.7 Å². The van der Waals surface area contributed by atoms with E-state index in [1.165, 1.54) is 57.6 Å². The van der Waals surface area contributed by atoms with Crippen molar-refractivity contribution >= 4 is 57.0 Å². The molecule has 9 nitrogen and oxygen atoms in total. The van der Waals surface area contributed by atoms with Crippen molar-refractivity contribution in [3.8, 4) is 0 Å². The van der Waals surface area contributed by atoms with Gasteiger partial charge < -0.3 is 19.4 Å². The molecule has 5 heterocycles. The number of methoxy groups -OCH3 is 1. The number of aromatic nitrogens is 4. The molecule has 1 aliphatic carbocycles. The minimum atomic E-state index is -1.18. The van der Waals surface area contributed by atoms with E-state index in [0.717, 1.165) is 98.5 Å². The lowest BCUT2D eigenvalue weighted by Crippen LogP contribution is -2.21. The van der Waals surface area contributed by atoms with Crippen molar-refractivity contribution in [2.24, 2.45) is 17.8 Å². The molecule has 344 valence electrons. The molecule has 0 fully saturated rings. The number of allylic oxidation sites excluding steroid dienone is 3. The molecule has 0 amide bonds. The van der Waals surface area contributed by atoms with Crippen LogP contribution in [0.5, 0.6) is 0 Å². The Kier molecular flexibility index (Phi) is 16.1. The van der Waals surface area contributed by atoms with Crippen LogP contribution in [0.25, 0.3) is 39.3 Å². The Labute approximate surface area is 382 Å². The monoisotopic (exact) mass is 871 g/mol. The van der Waals surface area contributed by atoms with E-state index < -0.39 is 11.9 Å². The number of nitrogens with one attached hydrogen (secondary N) is 2. The van der Waals surface area contributed by atoms with Gasteiger partial charge in [0.2, 0.25) is 0 Å². The molecule has 2 aliphatic heterocycles. The number of fused-ring (bicyclic) bond motifs is 8. The lowest BCUT2D eigenvalue weighted by atomic mass is 9.84. The molecule has 2 N–H and O–H groups in total. The van der Waals surface area contributed by atoms with Gasteiger partial charge in [-0.2, -0.15) is 0 Å². The van der Waals surface area contributed by atoms with E-state index in [0.29, 0.717) is 28.8 Å². The zero-order chi connectivity index (χ0) is 46.4. The second-order valence-electron chi connectivity index (χ2n) is 19.6. The van der Waals surface area contributed by atoms with E-state index in [9.17, 15) is 14.4 Å². The number of rotatable bonds is 20. The summed E-state index contributed by atoms with van der Waals surface area (Å²) < 4.78 is 11.1. The quantitative estimate of drug-likeness (QED) is 0.0657. The van der Waals surface area contributed by atoms with E-state index in [1.807, 2.05) is 25.1 Å². The number of aryl methyl sites for hydroxylation is 2. The van der Waals surface area contributed by atoms with Crippen molar-refractivity contribution in [3.63, 3.8) is 0 Å². The van der Waals surface area contributed by atoms with Gasteiger partial charge in [-0.15, -0.1) is 0 Å². The van der Waals surface area contributed by atoms with Gasteiger partial charge in [0.15, 0.2) is 5.78 Å². The van der Waals surface area contributed by atoms with Crippen LogP contribution >= 0.6 is 0 Å². The number of Topliss-reactive ketones (excluding diaryl/α,β-unsaturated/α-hetero) is 1. The summed E-state index contributed by atoms with van der Waals surface area (Å²) in [6.07, 6.45) is 16.6. The van der Waals surface area contributed by atoms with Gasteiger partial charge in [0.05, 0.1) is 29.7 Å². The molecule has 0 saturated heterocycles. The molecule has 6 rings (SSSR count). The summed E-state index contributed by atoms with van der Waals surface area (Å²) >= 11 is 0. The van der Waals surface area contributed by atoms with Crippen LogP contribution in [-0.2, 0) is 19.1 Å². The van der Waals surface area contributed by atoms with Gasteiger partial charge in [-0.3, -0.25) is 19.4 Å². The number of carbonyl (C=O) groups excluding carboxylic acids is 3. The number of ketones is 1. The van der Waals surface area contributed by atoms with Gasteiger partial charge in [0, 0.05) is 57.2 Å². The molecule has 0 unspecified atom stereocenters. The number of esters is 2. The van der Waals surface area contributed by atoms with E-state index in [1.54, 1.807) is 0 Å². The van der Waals surface area contributed by atoms with Crippen LogP contribution in [0, 0.1) is 31.6 Å².